The van der Waals surface area contributed by atoms with Gasteiger partial charge in [0.2, 0.25) is 0 Å². The average molecular weight is 337 g/mol. The molecule has 0 fully saturated rings. The molecule has 0 saturated heterocycles. The number of aryl methyl sites for hydroxylation is 1. The first-order valence-corrected chi connectivity index (χ1v) is 7.00. The number of hydrogen-bond acceptors (Lipinski definition) is 4. The number of anilines is 1. The lowest BCUT2D eigenvalue weighted by Gasteiger charge is -2.11. The zero-order chi connectivity index (χ0) is 14.5. The molecule has 0 radical (unpaired) electrons. The van der Waals surface area contributed by atoms with Crippen molar-refractivity contribution in [1.29, 1.82) is 0 Å². The fourth-order valence-electron chi connectivity index (χ4n) is 1.90. The maximum Gasteiger partial charge on any atom is 0.161 e. The number of hydrogen-bond donors (Lipinski definition) is 1. The van der Waals surface area contributed by atoms with Gasteiger partial charge in [-0.05, 0) is 52.2 Å². The minimum Gasteiger partial charge on any atom is -0.493 e. The van der Waals surface area contributed by atoms with Gasteiger partial charge in [0.15, 0.2) is 11.5 Å². The molecular formula is C15H17BrN2O2. The van der Waals surface area contributed by atoms with Gasteiger partial charge in [-0.1, -0.05) is 6.07 Å². The number of rotatable bonds is 5. The summed E-state index contributed by atoms with van der Waals surface area (Å²) in [6.45, 7) is 2.70. The Labute approximate surface area is 127 Å². The van der Waals surface area contributed by atoms with Crippen molar-refractivity contribution in [2.24, 2.45) is 0 Å². The summed E-state index contributed by atoms with van der Waals surface area (Å²) < 4.78 is 11.5. The predicted molar refractivity (Wildman–Crippen MR) is 83.5 cm³/mol. The van der Waals surface area contributed by atoms with Crippen molar-refractivity contribution in [3.63, 3.8) is 0 Å². The van der Waals surface area contributed by atoms with Crippen molar-refractivity contribution in [1.82, 2.24) is 4.98 Å². The first-order chi connectivity index (χ1) is 9.63. The van der Waals surface area contributed by atoms with E-state index in [4.69, 9.17) is 9.47 Å². The Balaban J connectivity index is 2.10. The highest BCUT2D eigenvalue weighted by molar-refractivity contribution is 9.10. The van der Waals surface area contributed by atoms with Crippen molar-refractivity contribution in [2.45, 2.75) is 13.5 Å². The number of ether oxygens (including phenoxy) is 2. The van der Waals surface area contributed by atoms with Crippen LogP contribution in [-0.2, 0) is 6.54 Å². The molecule has 0 amide bonds. The van der Waals surface area contributed by atoms with Gasteiger partial charge in [0.1, 0.15) is 5.82 Å². The Kier molecular flexibility index (Phi) is 4.84. The summed E-state index contributed by atoms with van der Waals surface area (Å²) in [5.74, 6) is 2.34. The molecule has 1 aromatic carbocycles. The van der Waals surface area contributed by atoms with Gasteiger partial charge in [-0.15, -0.1) is 0 Å². The molecule has 0 aliphatic heterocycles. The van der Waals surface area contributed by atoms with E-state index in [1.165, 1.54) is 0 Å². The van der Waals surface area contributed by atoms with Gasteiger partial charge in [0, 0.05) is 17.2 Å². The third-order valence-electron chi connectivity index (χ3n) is 2.95. The molecule has 1 heterocycles. The van der Waals surface area contributed by atoms with Gasteiger partial charge in [0.05, 0.1) is 14.2 Å². The predicted octanol–water partition coefficient (Wildman–Crippen LogP) is 3.78. The monoisotopic (exact) mass is 336 g/mol. The van der Waals surface area contributed by atoms with Crippen LogP contribution in [0.2, 0.25) is 0 Å². The van der Waals surface area contributed by atoms with E-state index in [1.54, 1.807) is 20.4 Å². The Hall–Kier alpha value is -1.75. The number of benzene rings is 1. The summed E-state index contributed by atoms with van der Waals surface area (Å²) in [4.78, 5) is 4.36. The van der Waals surface area contributed by atoms with Crippen LogP contribution in [-0.4, -0.2) is 19.2 Å². The van der Waals surface area contributed by atoms with Crippen molar-refractivity contribution in [3.8, 4) is 11.5 Å². The standard InChI is InChI=1S/C15H17BrN2O2/c1-10-6-12(16)9-18-15(10)17-8-11-4-5-13(19-2)14(7-11)20-3/h4-7,9H,8H2,1-3H3,(H,17,18). The van der Waals surface area contributed by atoms with Crippen LogP contribution in [0.4, 0.5) is 5.82 Å². The fourth-order valence-corrected chi connectivity index (χ4v) is 2.35. The molecule has 1 N–H and O–H groups in total. The topological polar surface area (TPSA) is 43.4 Å². The number of pyridine rings is 1. The van der Waals surface area contributed by atoms with Crippen LogP contribution in [0.1, 0.15) is 11.1 Å². The fraction of sp³-hybridized carbons (Fsp3) is 0.267. The van der Waals surface area contributed by atoms with Crippen molar-refractivity contribution in [2.75, 3.05) is 19.5 Å². The molecule has 0 aliphatic rings. The van der Waals surface area contributed by atoms with E-state index < -0.39 is 0 Å². The van der Waals surface area contributed by atoms with E-state index in [1.807, 2.05) is 31.2 Å². The van der Waals surface area contributed by atoms with Crippen LogP contribution >= 0.6 is 15.9 Å². The summed E-state index contributed by atoms with van der Waals surface area (Å²) >= 11 is 3.41. The molecule has 0 saturated carbocycles. The summed E-state index contributed by atoms with van der Waals surface area (Å²) in [5.41, 5.74) is 2.20. The summed E-state index contributed by atoms with van der Waals surface area (Å²) in [7, 11) is 3.26. The molecule has 0 atom stereocenters. The molecular weight excluding hydrogens is 320 g/mol. The van der Waals surface area contributed by atoms with Gasteiger partial charge in [0.25, 0.3) is 0 Å². The molecule has 4 nitrogen and oxygen atoms in total. The smallest absolute Gasteiger partial charge is 0.161 e. The third-order valence-corrected chi connectivity index (χ3v) is 3.39. The van der Waals surface area contributed by atoms with Gasteiger partial charge < -0.3 is 14.8 Å². The van der Waals surface area contributed by atoms with Crippen LogP contribution in [0, 0.1) is 6.92 Å². The lowest BCUT2D eigenvalue weighted by atomic mass is 10.2. The minimum absolute atomic E-state index is 0.676. The average Bonchev–Trinajstić information content (AvgIpc) is 2.46. The van der Waals surface area contributed by atoms with E-state index in [2.05, 4.69) is 26.2 Å². The number of nitrogens with one attached hydrogen (secondary N) is 1. The van der Waals surface area contributed by atoms with Gasteiger partial charge in [-0.25, -0.2) is 4.98 Å². The maximum absolute atomic E-state index is 5.29. The second kappa shape index (κ2) is 6.61. The van der Waals surface area contributed by atoms with E-state index in [-0.39, 0.29) is 0 Å². The molecule has 2 aromatic rings. The molecule has 0 unspecified atom stereocenters. The van der Waals surface area contributed by atoms with E-state index >= 15 is 0 Å². The second-order valence-corrected chi connectivity index (χ2v) is 5.28. The van der Waals surface area contributed by atoms with Crippen LogP contribution in [0.5, 0.6) is 11.5 Å². The Morgan fingerprint density at radius 3 is 2.55 bits per heavy atom. The first-order valence-electron chi connectivity index (χ1n) is 6.21. The molecule has 20 heavy (non-hydrogen) atoms. The molecule has 2 rings (SSSR count). The quantitative estimate of drug-likeness (QED) is 0.902. The SMILES string of the molecule is COc1ccc(CNc2ncc(Br)cc2C)cc1OC. The lowest BCUT2D eigenvalue weighted by Crippen LogP contribution is -2.03. The number of nitrogens with zero attached hydrogens (tertiary/aromatic N) is 1. The number of methoxy groups -OCH3 is 2. The van der Waals surface area contributed by atoms with Gasteiger partial charge in [-0.2, -0.15) is 0 Å². The third kappa shape index (κ3) is 3.42. The summed E-state index contributed by atoms with van der Waals surface area (Å²) in [6, 6.07) is 7.89. The highest BCUT2D eigenvalue weighted by atomic mass is 79.9. The van der Waals surface area contributed by atoms with E-state index in [0.717, 1.165) is 32.9 Å². The molecule has 1 aromatic heterocycles. The van der Waals surface area contributed by atoms with Crippen LogP contribution in [0.3, 0.4) is 0 Å². The summed E-state index contributed by atoms with van der Waals surface area (Å²) in [5, 5.41) is 3.32. The van der Waals surface area contributed by atoms with Crippen molar-refractivity contribution in [3.05, 3.63) is 46.1 Å². The number of aromatic nitrogens is 1. The molecule has 0 aliphatic carbocycles. The zero-order valence-corrected chi connectivity index (χ0v) is 13.3. The summed E-state index contributed by atoms with van der Waals surface area (Å²) in [6.07, 6.45) is 1.78. The molecule has 0 spiro atoms. The van der Waals surface area contributed by atoms with Crippen LogP contribution in [0.25, 0.3) is 0 Å². The van der Waals surface area contributed by atoms with Crippen LogP contribution in [0.15, 0.2) is 34.9 Å². The van der Waals surface area contributed by atoms with Gasteiger partial charge >= 0.3 is 0 Å². The Morgan fingerprint density at radius 1 is 1.15 bits per heavy atom. The zero-order valence-electron chi connectivity index (χ0n) is 11.7. The minimum atomic E-state index is 0.676. The van der Waals surface area contributed by atoms with E-state index in [9.17, 15) is 0 Å². The first kappa shape index (κ1) is 14.7. The van der Waals surface area contributed by atoms with Gasteiger partial charge in [-0.3, -0.25) is 0 Å². The second-order valence-electron chi connectivity index (χ2n) is 4.36. The lowest BCUT2D eigenvalue weighted by molar-refractivity contribution is 0.354. The normalized spacial score (nSPS) is 10.2. The molecule has 106 valence electrons. The Bertz CT molecular complexity index is 602. The largest absolute Gasteiger partial charge is 0.493 e. The highest BCUT2D eigenvalue weighted by Crippen LogP contribution is 2.28. The van der Waals surface area contributed by atoms with Crippen molar-refractivity contribution >= 4 is 21.7 Å². The van der Waals surface area contributed by atoms with Crippen molar-refractivity contribution < 1.29 is 9.47 Å². The van der Waals surface area contributed by atoms with E-state index in [0.29, 0.717) is 6.54 Å². The molecule has 5 heteroatoms. The number of halogens is 1. The molecule has 0 bridgehead atoms. The Morgan fingerprint density at radius 2 is 1.90 bits per heavy atom. The highest BCUT2D eigenvalue weighted by Gasteiger charge is 2.05. The van der Waals surface area contributed by atoms with Crippen LogP contribution < -0.4 is 14.8 Å². The maximum atomic E-state index is 5.29.